The van der Waals surface area contributed by atoms with E-state index in [0.29, 0.717) is 5.92 Å². The van der Waals surface area contributed by atoms with Crippen LogP contribution >= 0.6 is 11.6 Å². The second-order valence-electron chi connectivity index (χ2n) is 5.90. The summed E-state index contributed by atoms with van der Waals surface area (Å²) < 4.78 is 0. The van der Waals surface area contributed by atoms with Gasteiger partial charge in [-0.1, -0.05) is 37.6 Å². The number of piperidine rings is 1. The van der Waals surface area contributed by atoms with Gasteiger partial charge in [0.15, 0.2) is 0 Å². The number of halogens is 1. The lowest BCUT2D eigenvalue weighted by Crippen LogP contribution is -2.48. The molecule has 1 aromatic rings. The van der Waals surface area contributed by atoms with Crippen LogP contribution in [0, 0.1) is 5.92 Å². The number of nitrogens with zero attached hydrogens (tertiary/aromatic N) is 1. The third-order valence-corrected chi connectivity index (χ3v) is 4.63. The lowest BCUT2D eigenvalue weighted by molar-refractivity contribution is 0.0112. The number of aliphatic hydroxyl groups is 1. The number of rotatable bonds is 4. The number of benzene rings is 1. The molecule has 2 rings (SSSR count). The van der Waals surface area contributed by atoms with Crippen molar-refractivity contribution >= 4 is 11.6 Å². The molecule has 4 unspecified atom stereocenters. The normalized spacial score (nSPS) is 27.2. The average molecular weight is 297 g/mol. The van der Waals surface area contributed by atoms with Crippen LogP contribution in [-0.2, 0) is 0 Å². The molecule has 1 heterocycles. The maximum atomic E-state index is 9.90. The molecule has 1 aromatic carbocycles. The van der Waals surface area contributed by atoms with Gasteiger partial charge in [0.05, 0.1) is 6.10 Å². The topological polar surface area (TPSA) is 49.5 Å². The Labute approximate surface area is 126 Å². The van der Waals surface area contributed by atoms with Crippen molar-refractivity contribution in [1.29, 1.82) is 0 Å². The van der Waals surface area contributed by atoms with Crippen LogP contribution in [0.2, 0.25) is 5.02 Å². The molecular weight excluding hydrogens is 272 g/mol. The molecule has 0 bridgehead atoms. The number of hydrogen-bond acceptors (Lipinski definition) is 3. The Morgan fingerprint density at radius 1 is 1.40 bits per heavy atom. The van der Waals surface area contributed by atoms with E-state index in [4.69, 9.17) is 17.3 Å². The molecule has 1 aliphatic heterocycles. The number of nitrogens with two attached hydrogens (primary N) is 1. The first kappa shape index (κ1) is 15.8. The Morgan fingerprint density at radius 3 is 2.60 bits per heavy atom. The van der Waals surface area contributed by atoms with Gasteiger partial charge < -0.3 is 10.8 Å². The lowest BCUT2D eigenvalue weighted by Gasteiger charge is -2.42. The van der Waals surface area contributed by atoms with Gasteiger partial charge in [0, 0.05) is 30.2 Å². The fraction of sp³-hybridized carbons (Fsp3) is 0.625. The minimum atomic E-state index is -0.185. The smallest absolute Gasteiger partial charge is 0.0590 e. The van der Waals surface area contributed by atoms with E-state index in [0.717, 1.165) is 31.0 Å². The second kappa shape index (κ2) is 6.90. The van der Waals surface area contributed by atoms with Crippen molar-refractivity contribution < 1.29 is 5.11 Å². The van der Waals surface area contributed by atoms with Crippen LogP contribution in [-0.4, -0.2) is 35.2 Å². The maximum Gasteiger partial charge on any atom is 0.0590 e. The predicted molar refractivity (Wildman–Crippen MR) is 83.8 cm³/mol. The summed E-state index contributed by atoms with van der Waals surface area (Å²) in [5.41, 5.74) is 7.58. The molecule has 1 fully saturated rings. The SMILES string of the molecule is CCC(N)C(c1ccc(Cl)cc1)N1CCC(O)C(C)C1. The van der Waals surface area contributed by atoms with Crippen LogP contribution in [0.25, 0.3) is 0 Å². The maximum absolute atomic E-state index is 9.90. The summed E-state index contributed by atoms with van der Waals surface area (Å²) in [6.07, 6.45) is 1.57. The highest BCUT2D eigenvalue weighted by molar-refractivity contribution is 6.30. The van der Waals surface area contributed by atoms with Gasteiger partial charge in [-0.2, -0.15) is 0 Å². The summed E-state index contributed by atoms with van der Waals surface area (Å²) in [6.45, 7) is 6.01. The van der Waals surface area contributed by atoms with Gasteiger partial charge >= 0.3 is 0 Å². The van der Waals surface area contributed by atoms with E-state index < -0.39 is 0 Å². The third kappa shape index (κ3) is 3.53. The molecule has 0 aliphatic carbocycles. The highest BCUT2D eigenvalue weighted by Gasteiger charge is 2.32. The van der Waals surface area contributed by atoms with Crippen LogP contribution in [0.4, 0.5) is 0 Å². The summed E-state index contributed by atoms with van der Waals surface area (Å²) in [5.74, 6) is 0.294. The molecule has 20 heavy (non-hydrogen) atoms. The van der Waals surface area contributed by atoms with Crippen LogP contribution in [0.3, 0.4) is 0 Å². The van der Waals surface area contributed by atoms with Crippen molar-refractivity contribution in [2.24, 2.45) is 11.7 Å². The fourth-order valence-corrected chi connectivity index (χ4v) is 3.16. The molecule has 112 valence electrons. The van der Waals surface area contributed by atoms with Crippen molar-refractivity contribution in [2.45, 2.75) is 44.9 Å². The average Bonchev–Trinajstić information content (AvgIpc) is 2.45. The van der Waals surface area contributed by atoms with Crippen LogP contribution in [0.5, 0.6) is 0 Å². The van der Waals surface area contributed by atoms with Crippen molar-refractivity contribution in [2.75, 3.05) is 13.1 Å². The van der Waals surface area contributed by atoms with Gasteiger partial charge in [0.2, 0.25) is 0 Å². The number of likely N-dealkylation sites (tertiary alicyclic amines) is 1. The molecular formula is C16H25ClN2O. The zero-order chi connectivity index (χ0) is 14.7. The second-order valence-corrected chi connectivity index (χ2v) is 6.33. The summed E-state index contributed by atoms with van der Waals surface area (Å²) in [7, 11) is 0. The van der Waals surface area contributed by atoms with E-state index in [1.165, 1.54) is 5.56 Å². The first-order valence-electron chi connectivity index (χ1n) is 7.46. The summed E-state index contributed by atoms with van der Waals surface area (Å²) in [5, 5.41) is 10.7. The molecule has 3 N–H and O–H groups in total. The molecule has 3 nitrogen and oxygen atoms in total. The van der Waals surface area contributed by atoms with Crippen molar-refractivity contribution in [1.82, 2.24) is 4.90 Å². The molecule has 0 amide bonds. The van der Waals surface area contributed by atoms with Gasteiger partial charge in [-0.15, -0.1) is 0 Å². The molecule has 0 radical (unpaired) electrons. The standard InChI is InChI=1S/C16H25ClN2O/c1-3-14(18)16(12-4-6-13(17)7-5-12)19-9-8-15(20)11(2)10-19/h4-7,11,14-16,20H,3,8-10,18H2,1-2H3. The quantitative estimate of drug-likeness (QED) is 0.898. The summed E-state index contributed by atoms with van der Waals surface area (Å²) in [4.78, 5) is 2.41. The first-order valence-corrected chi connectivity index (χ1v) is 7.84. The Bertz CT molecular complexity index is 423. The van der Waals surface area contributed by atoms with Crippen molar-refractivity contribution in [3.05, 3.63) is 34.9 Å². The Balaban J connectivity index is 2.21. The molecule has 0 saturated carbocycles. The van der Waals surface area contributed by atoms with Gasteiger partial charge in [-0.3, -0.25) is 4.90 Å². The molecule has 0 spiro atoms. The van der Waals surface area contributed by atoms with Gasteiger partial charge in [-0.05, 0) is 36.5 Å². The molecule has 4 atom stereocenters. The van der Waals surface area contributed by atoms with Gasteiger partial charge in [-0.25, -0.2) is 0 Å². The Morgan fingerprint density at radius 2 is 2.05 bits per heavy atom. The van der Waals surface area contributed by atoms with E-state index in [-0.39, 0.29) is 18.2 Å². The van der Waals surface area contributed by atoms with Gasteiger partial charge in [0.1, 0.15) is 0 Å². The van der Waals surface area contributed by atoms with Crippen LogP contribution < -0.4 is 5.73 Å². The summed E-state index contributed by atoms with van der Waals surface area (Å²) >= 11 is 5.98. The number of aliphatic hydroxyl groups excluding tert-OH is 1. The lowest BCUT2D eigenvalue weighted by atomic mass is 9.90. The first-order chi connectivity index (χ1) is 9.52. The largest absolute Gasteiger partial charge is 0.393 e. The minimum absolute atomic E-state index is 0.0959. The molecule has 0 aromatic heterocycles. The Hall–Kier alpha value is -0.610. The van der Waals surface area contributed by atoms with E-state index >= 15 is 0 Å². The van der Waals surface area contributed by atoms with Crippen molar-refractivity contribution in [3.8, 4) is 0 Å². The molecule has 4 heteroatoms. The molecule has 1 saturated heterocycles. The Kier molecular flexibility index (Phi) is 5.44. The van der Waals surface area contributed by atoms with E-state index in [1.54, 1.807) is 0 Å². The highest BCUT2D eigenvalue weighted by atomic mass is 35.5. The fourth-order valence-electron chi connectivity index (χ4n) is 3.03. The van der Waals surface area contributed by atoms with Gasteiger partial charge in [0.25, 0.3) is 0 Å². The van der Waals surface area contributed by atoms with Crippen LogP contribution in [0.15, 0.2) is 24.3 Å². The van der Waals surface area contributed by atoms with E-state index in [2.05, 4.69) is 30.9 Å². The number of hydrogen-bond donors (Lipinski definition) is 2. The minimum Gasteiger partial charge on any atom is -0.393 e. The predicted octanol–water partition coefficient (Wildman–Crippen LogP) is 2.82. The zero-order valence-corrected chi connectivity index (χ0v) is 13.1. The molecule has 1 aliphatic rings. The zero-order valence-electron chi connectivity index (χ0n) is 12.3. The van der Waals surface area contributed by atoms with E-state index in [1.807, 2.05) is 12.1 Å². The van der Waals surface area contributed by atoms with Crippen molar-refractivity contribution in [3.63, 3.8) is 0 Å². The monoisotopic (exact) mass is 296 g/mol. The highest BCUT2D eigenvalue weighted by Crippen LogP contribution is 2.30. The van der Waals surface area contributed by atoms with E-state index in [9.17, 15) is 5.11 Å². The third-order valence-electron chi connectivity index (χ3n) is 4.37. The van der Waals surface area contributed by atoms with Crippen LogP contribution in [0.1, 0.15) is 38.3 Å². The summed E-state index contributed by atoms with van der Waals surface area (Å²) in [6, 6.07) is 8.28.